The quantitative estimate of drug-likeness (QED) is 0.130. The number of halogens is 1. The van der Waals surface area contributed by atoms with Gasteiger partial charge in [-0.2, -0.15) is 4.99 Å². The number of aliphatic imine (C=N–C) groups is 1. The second-order valence-corrected chi connectivity index (χ2v) is 9.54. The Kier molecular flexibility index (Phi) is 8.80. The maximum Gasteiger partial charge on any atom is 0.254 e. The predicted octanol–water partition coefficient (Wildman–Crippen LogP) is -1.06. The van der Waals surface area contributed by atoms with Crippen molar-refractivity contribution in [3.8, 4) is 11.3 Å². The van der Waals surface area contributed by atoms with Crippen LogP contribution >= 0.6 is 11.6 Å². The van der Waals surface area contributed by atoms with Crippen molar-refractivity contribution >= 4 is 46.0 Å². The Morgan fingerprint density at radius 3 is 2.26 bits per heavy atom. The summed E-state index contributed by atoms with van der Waals surface area (Å²) < 4.78 is 0. The largest absolute Gasteiger partial charge is 0.394 e. The van der Waals surface area contributed by atoms with Gasteiger partial charge in [0, 0.05) is 47.8 Å². The fourth-order valence-electron chi connectivity index (χ4n) is 4.34. The second kappa shape index (κ2) is 12.1. The minimum atomic E-state index is -1.94. The zero-order chi connectivity index (χ0) is 28.3. The zero-order valence-electron chi connectivity index (χ0n) is 20.8. The van der Waals surface area contributed by atoms with Gasteiger partial charge in [0.25, 0.3) is 11.9 Å². The number of guanidine groups is 1. The molecular weight excluding hydrogens is 530 g/mol. The fraction of sp³-hybridized carbons (Fsp3) is 0.360. The monoisotopic (exact) mass is 559 g/mol. The van der Waals surface area contributed by atoms with Crippen molar-refractivity contribution in [2.24, 2.45) is 16.5 Å². The number of fused-ring (bicyclic) bond motifs is 1. The Balaban J connectivity index is 1.47. The predicted molar refractivity (Wildman–Crippen MR) is 145 cm³/mol. The molecule has 0 aliphatic carbocycles. The number of hydrogen-bond donors (Lipinski definition) is 7. The average molecular weight is 560 g/mol. The number of piperazine rings is 1. The number of nitrogens with two attached hydrogens (primary N) is 2. The number of aromatic nitrogens is 2. The molecule has 13 nitrogen and oxygen atoms in total. The molecule has 1 amide bonds. The molecule has 0 spiro atoms. The molecule has 0 bridgehead atoms. The van der Waals surface area contributed by atoms with Crippen LogP contribution in [0.2, 0.25) is 5.02 Å². The van der Waals surface area contributed by atoms with Crippen LogP contribution < -0.4 is 16.4 Å². The number of nitrogens with zero attached hydrogens (tertiary/aromatic N) is 5. The van der Waals surface area contributed by atoms with Gasteiger partial charge in [0.2, 0.25) is 0 Å². The Morgan fingerprint density at radius 1 is 0.974 bits per heavy atom. The van der Waals surface area contributed by atoms with Crippen molar-refractivity contribution in [2.45, 2.75) is 24.4 Å². The highest BCUT2D eigenvalue weighted by Gasteiger charge is 2.37. The molecule has 0 unspecified atom stereocenters. The molecule has 4 atom stereocenters. The molecule has 208 valence electrons. The van der Waals surface area contributed by atoms with Crippen LogP contribution in [0.3, 0.4) is 0 Å². The highest BCUT2D eigenvalue weighted by atomic mass is 35.5. The van der Waals surface area contributed by atoms with Gasteiger partial charge in [0.05, 0.1) is 17.8 Å². The van der Waals surface area contributed by atoms with Gasteiger partial charge < -0.3 is 46.8 Å². The number of hydrogen-bond acceptors (Lipinski definition) is 10. The third-order valence-electron chi connectivity index (χ3n) is 6.48. The molecule has 9 N–H and O–H groups in total. The summed E-state index contributed by atoms with van der Waals surface area (Å²) >= 11 is 6.21. The summed E-state index contributed by atoms with van der Waals surface area (Å²) in [6.45, 7) is 0.613. The summed E-state index contributed by atoms with van der Waals surface area (Å²) in [6, 6.07) is 12.9. The highest BCUT2D eigenvalue weighted by Crippen LogP contribution is 2.31. The van der Waals surface area contributed by atoms with E-state index in [9.17, 15) is 25.2 Å². The van der Waals surface area contributed by atoms with Crippen LogP contribution in [0.25, 0.3) is 22.2 Å². The van der Waals surface area contributed by atoms with Crippen LogP contribution in [0, 0.1) is 0 Å². The second-order valence-electron chi connectivity index (χ2n) is 9.11. The number of carbonyl (C=O) groups excluding carboxylic acids is 1. The van der Waals surface area contributed by atoms with E-state index in [-0.39, 0.29) is 25.0 Å². The van der Waals surface area contributed by atoms with Gasteiger partial charge in [0.15, 0.2) is 12.1 Å². The summed E-state index contributed by atoms with van der Waals surface area (Å²) in [7, 11) is 0. The molecule has 3 aromatic rings. The Hall–Kier alpha value is -3.59. The number of rotatable bonds is 8. The van der Waals surface area contributed by atoms with Crippen molar-refractivity contribution in [1.82, 2.24) is 14.9 Å². The fourth-order valence-corrected chi connectivity index (χ4v) is 4.52. The lowest BCUT2D eigenvalue weighted by Crippen LogP contribution is -2.56. The molecule has 14 heteroatoms. The molecule has 4 rings (SSSR count). The van der Waals surface area contributed by atoms with Crippen LogP contribution in [0.1, 0.15) is 0 Å². The maximum atomic E-state index is 12.6. The van der Waals surface area contributed by atoms with Crippen LogP contribution in [0.4, 0.5) is 11.6 Å². The van der Waals surface area contributed by atoms with E-state index in [0.717, 1.165) is 16.6 Å². The molecule has 1 aromatic heterocycles. The molecule has 2 heterocycles. The van der Waals surface area contributed by atoms with E-state index in [0.29, 0.717) is 29.3 Å². The summed E-state index contributed by atoms with van der Waals surface area (Å²) in [4.78, 5) is 28.9. The Labute approximate surface area is 228 Å². The number of aliphatic hydroxyl groups is 5. The van der Waals surface area contributed by atoms with Crippen molar-refractivity contribution < 1.29 is 30.3 Å². The summed E-state index contributed by atoms with van der Waals surface area (Å²) in [6.07, 6.45) is -7.43. The van der Waals surface area contributed by atoms with E-state index >= 15 is 0 Å². The van der Waals surface area contributed by atoms with E-state index < -0.39 is 36.9 Å². The normalized spacial score (nSPS) is 17.0. The summed E-state index contributed by atoms with van der Waals surface area (Å²) in [5.74, 6) is -0.814. The van der Waals surface area contributed by atoms with Crippen LogP contribution in [0.15, 0.2) is 47.5 Å². The first kappa shape index (κ1) is 28.4. The van der Waals surface area contributed by atoms with E-state index in [4.69, 9.17) is 28.2 Å². The number of benzene rings is 2. The topological polar surface area (TPSA) is 215 Å². The van der Waals surface area contributed by atoms with Crippen molar-refractivity contribution in [3.05, 3.63) is 47.5 Å². The van der Waals surface area contributed by atoms with Gasteiger partial charge in [-0.15, -0.1) is 0 Å². The molecule has 2 aromatic carbocycles. The average Bonchev–Trinajstić information content (AvgIpc) is 2.94. The van der Waals surface area contributed by atoms with Gasteiger partial charge in [0.1, 0.15) is 18.3 Å². The van der Waals surface area contributed by atoms with Crippen LogP contribution in [-0.2, 0) is 4.79 Å². The molecule has 1 aliphatic rings. The van der Waals surface area contributed by atoms with Crippen molar-refractivity contribution in [3.63, 3.8) is 0 Å². The van der Waals surface area contributed by atoms with Crippen LogP contribution in [0.5, 0.6) is 0 Å². The smallest absolute Gasteiger partial charge is 0.254 e. The van der Waals surface area contributed by atoms with E-state index in [1.165, 1.54) is 4.90 Å². The van der Waals surface area contributed by atoms with Crippen molar-refractivity contribution in [2.75, 3.05) is 37.7 Å². The molecule has 39 heavy (non-hydrogen) atoms. The van der Waals surface area contributed by atoms with Crippen molar-refractivity contribution in [1.29, 1.82) is 0 Å². The van der Waals surface area contributed by atoms with Gasteiger partial charge in [-0.3, -0.25) is 4.79 Å². The summed E-state index contributed by atoms with van der Waals surface area (Å²) in [5, 5.41) is 49.6. The van der Waals surface area contributed by atoms with E-state index in [2.05, 4.69) is 19.9 Å². The van der Waals surface area contributed by atoms with Gasteiger partial charge in [-0.25, -0.2) is 9.97 Å². The lowest BCUT2D eigenvalue weighted by Gasteiger charge is -2.38. The first-order valence-electron chi connectivity index (χ1n) is 12.1. The number of aliphatic hydroxyl groups excluding tert-OH is 5. The maximum absolute atomic E-state index is 12.6. The number of anilines is 1. The highest BCUT2D eigenvalue weighted by molar-refractivity contribution is 6.31. The van der Waals surface area contributed by atoms with E-state index in [1.807, 2.05) is 24.3 Å². The van der Waals surface area contributed by atoms with Crippen LogP contribution in [-0.4, -0.2) is 109 Å². The molecule has 0 saturated carbocycles. The zero-order valence-corrected chi connectivity index (χ0v) is 21.6. The lowest BCUT2D eigenvalue weighted by atomic mass is 10.0. The van der Waals surface area contributed by atoms with Gasteiger partial charge >= 0.3 is 0 Å². The molecule has 1 fully saturated rings. The Bertz CT molecular complexity index is 1350. The lowest BCUT2D eigenvalue weighted by molar-refractivity contribution is -0.158. The number of carbonyl (C=O) groups is 1. The third-order valence-corrected chi connectivity index (χ3v) is 6.72. The first-order chi connectivity index (χ1) is 18.6. The first-order valence-corrected chi connectivity index (χ1v) is 12.5. The standard InChI is InChI=1S/C25H30ClN7O6/c26-14-3-6-17-16(11-14)19(30-25(29-17)31-24(27)28)13-1-4-15(5-2-13)32-7-9-33(10-8-32)23(39)22(38)21(37)20(36)18(35)12-34/h1-6,11,18,20-22,34-38H,7-10,12H2,(H4,27,28,29,30,31)/t18-,20-,21+,22-/m0/s1. The minimum absolute atomic E-state index is 0.121. The molecular formula is C25H30ClN7O6. The summed E-state index contributed by atoms with van der Waals surface area (Å²) in [5.41, 5.74) is 13.9. The molecule has 0 radical (unpaired) electrons. The SMILES string of the molecule is NC(N)=Nc1nc(-c2ccc(N3CCN(C(=O)[C@@H](O)[C@H](O)[C@@H](O)[C@@H](O)CO)CC3)cc2)c2cc(Cl)ccc2n1. The molecule has 1 saturated heterocycles. The van der Waals surface area contributed by atoms with E-state index in [1.54, 1.807) is 18.2 Å². The molecule has 1 aliphatic heterocycles. The van der Waals surface area contributed by atoms with Gasteiger partial charge in [-0.05, 0) is 30.3 Å². The number of amides is 1. The van der Waals surface area contributed by atoms with Gasteiger partial charge in [-0.1, -0.05) is 23.7 Å². The minimum Gasteiger partial charge on any atom is -0.394 e. The third kappa shape index (κ3) is 6.36. The Morgan fingerprint density at radius 2 is 1.64 bits per heavy atom.